The van der Waals surface area contributed by atoms with Crippen LogP contribution in [0.15, 0.2) is 18.2 Å². The van der Waals surface area contributed by atoms with Gasteiger partial charge in [0.2, 0.25) is 5.91 Å². The van der Waals surface area contributed by atoms with Gasteiger partial charge in [-0.1, -0.05) is 17.7 Å². The molecule has 2 saturated heterocycles. The normalized spacial score (nSPS) is 28.4. The second-order valence-electron chi connectivity index (χ2n) is 7.30. The summed E-state index contributed by atoms with van der Waals surface area (Å²) in [4.78, 5) is 27.5. The summed E-state index contributed by atoms with van der Waals surface area (Å²) in [7, 11) is 0. The molecule has 0 radical (unpaired) electrons. The van der Waals surface area contributed by atoms with Gasteiger partial charge in [0.25, 0.3) is 0 Å². The first-order valence-corrected chi connectivity index (χ1v) is 10.5. The number of thioether (sulfide) groups is 1. The van der Waals surface area contributed by atoms with Crippen LogP contribution in [0.4, 0.5) is 0 Å². The van der Waals surface area contributed by atoms with Gasteiger partial charge in [-0.2, -0.15) is 0 Å². The lowest BCUT2D eigenvalue weighted by Crippen LogP contribution is -2.49. The number of likely N-dealkylation sites (tertiary alicyclic amines) is 1. The third-order valence-corrected chi connectivity index (χ3v) is 7.01. The standard InChI is InChI=1S/C19H23ClN2O2S/c20-15-4-3-13-7-12(8-14(13)10-15)9-16(23)18-17(21-11-25-18)19(24)22-5-1-2-6-22/h3-4,10,12,17-18,21H,1-2,5-9,11H2/t12?,17-,18?/m0/s1. The summed E-state index contributed by atoms with van der Waals surface area (Å²) in [5.41, 5.74) is 2.58. The Morgan fingerprint density at radius 1 is 1.20 bits per heavy atom. The molecule has 2 unspecified atom stereocenters. The molecular formula is C19H23ClN2O2S. The van der Waals surface area contributed by atoms with E-state index in [1.54, 1.807) is 11.8 Å². The van der Waals surface area contributed by atoms with Crippen LogP contribution in [0.2, 0.25) is 5.02 Å². The van der Waals surface area contributed by atoms with Crippen molar-refractivity contribution in [3.63, 3.8) is 0 Å². The number of benzene rings is 1. The summed E-state index contributed by atoms with van der Waals surface area (Å²) in [5.74, 6) is 1.35. The molecule has 0 bridgehead atoms. The van der Waals surface area contributed by atoms with Gasteiger partial charge < -0.3 is 4.90 Å². The molecule has 4 nitrogen and oxygen atoms in total. The van der Waals surface area contributed by atoms with Crippen molar-refractivity contribution < 1.29 is 9.59 Å². The molecule has 4 rings (SSSR count). The van der Waals surface area contributed by atoms with Crippen molar-refractivity contribution >= 4 is 35.1 Å². The average Bonchev–Trinajstić information content (AvgIpc) is 3.33. The van der Waals surface area contributed by atoms with E-state index in [0.29, 0.717) is 18.2 Å². The van der Waals surface area contributed by atoms with Crippen LogP contribution < -0.4 is 5.32 Å². The Labute approximate surface area is 157 Å². The number of carbonyl (C=O) groups is 2. The summed E-state index contributed by atoms with van der Waals surface area (Å²) >= 11 is 7.66. The second kappa shape index (κ2) is 7.29. The molecule has 1 amide bonds. The fourth-order valence-corrected chi connectivity index (χ4v) is 5.62. The van der Waals surface area contributed by atoms with Crippen LogP contribution in [0.1, 0.15) is 30.4 Å². The Kier molecular flexibility index (Phi) is 5.07. The minimum absolute atomic E-state index is 0.113. The van der Waals surface area contributed by atoms with Crippen molar-refractivity contribution in [2.45, 2.75) is 43.4 Å². The quantitative estimate of drug-likeness (QED) is 0.875. The number of halogens is 1. The summed E-state index contributed by atoms with van der Waals surface area (Å²) in [5, 5.41) is 3.77. The van der Waals surface area contributed by atoms with E-state index in [-0.39, 0.29) is 23.0 Å². The number of rotatable bonds is 4. The van der Waals surface area contributed by atoms with E-state index in [9.17, 15) is 9.59 Å². The summed E-state index contributed by atoms with van der Waals surface area (Å²) in [6, 6.07) is 5.68. The molecule has 1 aliphatic carbocycles. The van der Waals surface area contributed by atoms with Crippen molar-refractivity contribution in [2.75, 3.05) is 19.0 Å². The number of ketones is 1. The molecule has 2 fully saturated rings. The molecule has 3 atom stereocenters. The molecule has 1 N–H and O–H groups in total. The van der Waals surface area contributed by atoms with Crippen molar-refractivity contribution in [1.82, 2.24) is 10.2 Å². The van der Waals surface area contributed by atoms with Crippen LogP contribution in [-0.2, 0) is 22.4 Å². The zero-order valence-electron chi connectivity index (χ0n) is 14.2. The molecule has 1 aromatic carbocycles. The summed E-state index contributed by atoms with van der Waals surface area (Å²) < 4.78 is 0. The Morgan fingerprint density at radius 2 is 1.96 bits per heavy atom. The molecule has 25 heavy (non-hydrogen) atoms. The maximum absolute atomic E-state index is 12.9. The molecule has 2 aliphatic heterocycles. The maximum Gasteiger partial charge on any atom is 0.241 e. The predicted octanol–water partition coefficient (Wildman–Crippen LogP) is 2.67. The minimum Gasteiger partial charge on any atom is -0.341 e. The van der Waals surface area contributed by atoms with Gasteiger partial charge in [0.15, 0.2) is 0 Å². The molecule has 0 spiro atoms. The van der Waals surface area contributed by atoms with Gasteiger partial charge in [-0.15, -0.1) is 11.8 Å². The van der Waals surface area contributed by atoms with Crippen LogP contribution in [0, 0.1) is 5.92 Å². The minimum atomic E-state index is -0.339. The number of hydrogen-bond donors (Lipinski definition) is 1. The maximum atomic E-state index is 12.9. The number of carbonyl (C=O) groups excluding carboxylic acids is 2. The zero-order chi connectivity index (χ0) is 17.4. The Balaban J connectivity index is 1.38. The molecule has 1 aromatic rings. The van der Waals surface area contributed by atoms with Gasteiger partial charge in [0, 0.05) is 30.4 Å². The van der Waals surface area contributed by atoms with E-state index in [4.69, 9.17) is 11.6 Å². The van der Waals surface area contributed by atoms with Crippen molar-refractivity contribution in [1.29, 1.82) is 0 Å². The van der Waals surface area contributed by atoms with E-state index in [0.717, 1.165) is 43.8 Å². The Morgan fingerprint density at radius 3 is 2.76 bits per heavy atom. The van der Waals surface area contributed by atoms with Crippen molar-refractivity contribution in [2.24, 2.45) is 5.92 Å². The van der Waals surface area contributed by atoms with Gasteiger partial charge in [0.05, 0.1) is 5.25 Å². The largest absolute Gasteiger partial charge is 0.341 e. The van der Waals surface area contributed by atoms with E-state index in [1.807, 2.05) is 17.0 Å². The van der Waals surface area contributed by atoms with Crippen LogP contribution in [-0.4, -0.2) is 46.8 Å². The van der Waals surface area contributed by atoms with Crippen LogP contribution in [0.5, 0.6) is 0 Å². The highest BCUT2D eigenvalue weighted by Crippen LogP contribution is 2.33. The number of nitrogens with zero attached hydrogens (tertiary/aromatic N) is 1. The van der Waals surface area contributed by atoms with Crippen LogP contribution in [0.25, 0.3) is 0 Å². The summed E-state index contributed by atoms with van der Waals surface area (Å²) in [6.07, 6.45) is 4.56. The van der Waals surface area contributed by atoms with Crippen molar-refractivity contribution in [3.05, 3.63) is 34.3 Å². The zero-order valence-corrected chi connectivity index (χ0v) is 15.7. The lowest BCUT2D eigenvalue weighted by atomic mass is 9.95. The highest BCUT2D eigenvalue weighted by Gasteiger charge is 2.41. The van der Waals surface area contributed by atoms with Gasteiger partial charge in [-0.25, -0.2) is 0 Å². The predicted molar refractivity (Wildman–Crippen MR) is 101 cm³/mol. The SMILES string of the molecule is O=C(CC1Cc2ccc(Cl)cc2C1)C1SCN[C@@H]1C(=O)N1CCCC1. The van der Waals surface area contributed by atoms with Crippen LogP contribution in [0.3, 0.4) is 0 Å². The smallest absolute Gasteiger partial charge is 0.241 e. The van der Waals surface area contributed by atoms with E-state index < -0.39 is 0 Å². The van der Waals surface area contributed by atoms with Gasteiger partial charge in [-0.05, 0) is 54.9 Å². The number of fused-ring (bicyclic) bond motifs is 1. The molecule has 0 aromatic heterocycles. The molecule has 3 aliphatic rings. The number of Topliss-reactive ketones (excluding diaryl/α,β-unsaturated/α-hetero) is 1. The topological polar surface area (TPSA) is 49.4 Å². The fourth-order valence-electron chi connectivity index (χ4n) is 4.28. The van der Waals surface area contributed by atoms with Gasteiger partial charge in [0.1, 0.15) is 11.8 Å². The number of amides is 1. The first kappa shape index (κ1) is 17.4. The Hall–Kier alpha value is -1.04. The van der Waals surface area contributed by atoms with Crippen molar-refractivity contribution in [3.8, 4) is 0 Å². The van der Waals surface area contributed by atoms with E-state index in [1.165, 1.54) is 11.1 Å². The summed E-state index contributed by atoms with van der Waals surface area (Å²) in [6.45, 7) is 1.67. The third kappa shape index (κ3) is 3.60. The van der Waals surface area contributed by atoms with E-state index >= 15 is 0 Å². The Bertz CT molecular complexity index is 690. The first-order valence-electron chi connectivity index (χ1n) is 9.05. The van der Waals surface area contributed by atoms with E-state index in [2.05, 4.69) is 11.4 Å². The molecule has 0 saturated carbocycles. The first-order chi connectivity index (χ1) is 12.1. The fraction of sp³-hybridized carbons (Fsp3) is 0.579. The lowest BCUT2D eigenvalue weighted by molar-refractivity contribution is -0.134. The second-order valence-corrected chi connectivity index (χ2v) is 8.87. The molecule has 2 heterocycles. The highest BCUT2D eigenvalue weighted by molar-refractivity contribution is 8.00. The molecule has 6 heteroatoms. The number of nitrogens with one attached hydrogen (secondary N) is 1. The average molecular weight is 379 g/mol. The van der Waals surface area contributed by atoms with Crippen LogP contribution >= 0.6 is 23.4 Å². The lowest BCUT2D eigenvalue weighted by Gasteiger charge is -2.24. The van der Waals surface area contributed by atoms with Gasteiger partial charge in [-0.3, -0.25) is 14.9 Å². The van der Waals surface area contributed by atoms with Gasteiger partial charge >= 0.3 is 0 Å². The monoisotopic (exact) mass is 378 g/mol. The highest BCUT2D eigenvalue weighted by atomic mass is 35.5. The molecule has 134 valence electrons. The third-order valence-electron chi connectivity index (χ3n) is 5.55. The number of hydrogen-bond acceptors (Lipinski definition) is 4. The molecular weight excluding hydrogens is 356 g/mol.